The molecule has 0 bridgehead atoms. The van der Waals surface area contributed by atoms with Crippen LogP contribution in [0.3, 0.4) is 0 Å². The lowest BCUT2D eigenvalue weighted by molar-refractivity contribution is -0.141. The maximum Gasteiger partial charge on any atom is 0.434 e. The number of nitriles is 1. The third kappa shape index (κ3) is 6.29. The zero-order chi connectivity index (χ0) is 29.9. The number of rotatable bonds is 8. The van der Waals surface area contributed by atoms with E-state index in [-0.39, 0.29) is 68.4 Å². The van der Waals surface area contributed by atoms with Gasteiger partial charge in [-0.25, -0.2) is 9.89 Å². The highest BCUT2D eigenvalue weighted by molar-refractivity contribution is 6.35. The molecule has 0 saturated carbocycles. The zero-order valence-corrected chi connectivity index (χ0v) is 22.7. The summed E-state index contributed by atoms with van der Waals surface area (Å²) in [5.74, 6) is -0.959. The molecule has 0 aliphatic carbocycles. The van der Waals surface area contributed by atoms with Crippen LogP contribution >= 0.6 is 23.2 Å². The van der Waals surface area contributed by atoms with Crippen LogP contribution in [0.4, 0.5) is 18.9 Å². The quantitative estimate of drug-likeness (QED) is 0.276. The highest BCUT2D eigenvalue weighted by atomic mass is 35.5. The minimum atomic E-state index is -4.77. The Morgan fingerprint density at radius 3 is 2.56 bits per heavy atom. The third-order valence-electron chi connectivity index (χ3n) is 5.77. The van der Waals surface area contributed by atoms with Gasteiger partial charge in [-0.3, -0.25) is 9.78 Å². The summed E-state index contributed by atoms with van der Waals surface area (Å²) >= 11 is 12.8. The first-order valence-electron chi connectivity index (χ1n) is 11.5. The lowest BCUT2D eigenvalue weighted by Crippen LogP contribution is -2.27. The first-order valence-corrected chi connectivity index (χ1v) is 12.3. The molecule has 4 aromatic rings. The fraction of sp³-hybridized carbons (Fsp3) is 0.192. The summed E-state index contributed by atoms with van der Waals surface area (Å²) < 4.78 is 55.5. The Morgan fingerprint density at radius 2 is 1.93 bits per heavy atom. The molecule has 41 heavy (non-hydrogen) atoms. The van der Waals surface area contributed by atoms with Gasteiger partial charge in [-0.2, -0.15) is 18.4 Å². The second kappa shape index (κ2) is 11.9. The highest BCUT2D eigenvalue weighted by Gasteiger charge is 2.33. The van der Waals surface area contributed by atoms with Crippen molar-refractivity contribution in [3.8, 4) is 28.7 Å². The van der Waals surface area contributed by atoms with E-state index in [9.17, 15) is 28.0 Å². The molecule has 0 radical (unpaired) electrons. The predicted octanol–water partition coefficient (Wildman–Crippen LogP) is 5.53. The number of carbonyl (C=O) groups is 1. The van der Waals surface area contributed by atoms with E-state index in [4.69, 9.17) is 37.1 Å². The number of benzene rings is 2. The van der Waals surface area contributed by atoms with Crippen molar-refractivity contribution in [2.75, 3.05) is 25.7 Å². The molecule has 0 aliphatic rings. The highest BCUT2D eigenvalue weighted by Crippen LogP contribution is 2.40. The summed E-state index contributed by atoms with van der Waals surface area (Å²) in [4.78, 5) is 29.5. The van der Waals surface area contributed by atoms with Crippen molar-refractivity contribution in [3.05, 3.63) is 85.9 Å². The maximum atomic E-state index is 13.8. The summed E-state index contributed by atoms with van der Waals surface area (Å²) in [7, 11) is 2.73. The Kier molecular flexibility index (Phi) is 8.55. The molecule has 2 aromatic carbocycles. The van der Waals surface area contributed by atoms with Gasteiger partial charge in [-0.15, -0.1) is 5.10 Å². The number of aromatic nitrogens is 3. The number of hydrogen-bond acceptors (Lipinski definition) is 8. The van der Waals surface area contributed by atoms with E-state index in [1.54, 1.807) is 18.2 Å². The Bertz CT molecular complexity index is 1720. The number of anilines is 1. The SMILES string of the molecule is COc1cc(Cl)c(-c2cnc(C(F)(F)F)cc2C#N)cc1C(=O)N(C)c1c(Cl)cccc1OCCc1n[nH]c(=O)o1. The van der Waals surface area contributed by atoms with E-state index in [0.717, 1.165) is 6.20 Å². The summed E-state index contributed by atoms with van der Waals surface area (Å²) in [6.07, 6.45) is -3.76. The second-order valence-electron chi connectivity index (χ2n) is 8.31. The first-order chi connectivity index (χ1) is 19.4. The van der Waals surface area contributed by atoms with Crippen molar-refractivity contribution >= 4 is 34.8 Å². The van der Waals surface area contributed by atoms with Gasteiger partial charge in [0.2, 0.25) is 5.89 Å². The van der Waals surface area contributed by atoms with Gasteiger partial charge in [0.15, 0.2) is 0 Å². The number of alkyl halides is 3. The van der Waals surface area contributed by atoms with E-state index < -0.39 is 23.5 Å². The molecule has 212 valence electrons. The van der Waals surface area contributed by atoms with Crippen molar-refractivity contribution in [1.82, 2.24) is 15.2 Å². The van der Waals surface area contributed by atoms with Gasteiger partial charge < -0.3 is 18.8 Å². The number of hydrogen-bond donors (Lipinski definition) is 1. The number of aromatic amines is 1. The molecule has 0 saturated heterocycles. The Morgan fingerprint density at radius 1 is 1.17 bits per heavy atom. The van der Waals surface area contributed by atoms with E-state index in [2.05, 4.69) is 15.2 Å². The second-order valence-corrected chi connectivity index (χ2v) is 9.13. The average molecular weight is 608 g/mol. The number of pyridine rings is 1. The van der Waals surface area contributed by atoms with E-state index in [0.29, 0.717) is 6.07 Å². The van der Waals surface area contributed by atoms with Gasteiger partial charge >= 0.3 is 11.9 Å². The van der Waals surface area contributed by atoms with Crippen molar-refractivity contribution < 1.29 is 31.9 Å². The number of H-pyrrole nitrogens is 1. The van der Waals surface area contributed by atoms with Crippen molar-refractivity contribution in [3.63, 3.8) is 0 Å². The van der Waals surface area contributed by atoms with Crippen molar-refractivity contribution in [2.24, 2.45) is 0 Å². The van der Waals surface area contributed by atoms with Crippen LogP contribution < -0.4 is 20.1 Å². The number of amides is 1. The van der Waals surface area contributed by atoms with Crippen LogP contribution in [-0.4, -0.2) is 41.9 Å². The largest absolute Gasteiger partial charge is 0.496 e. The lowest BCUT2D eigenvalue weighted by atomic mass is 9.98. The molecule has 0 aliphatic heterocycles. The normalized spacial score (nSPS) is 11.2. The average Bonchev–Trinajstić information content (AvgIpc) is 3.36. The summed E-state index contributed by atoms with van der Waals surface area (Å²) in [5.41, 5.74) is -1.38. The number of methoxy groups -OCH3 is 1. The molecule has 10 nitrogen and oxygen atoms in total. The minimum Gasteiger partial charge on any atom is -0.496 e. The fourth-order valence-electron chi connectivity index (χ4n) is 3.85. The molecule has 2 aromatic heterocycles. The Labute approximate surface area is 239 Å². The van der Waals surface area contributed by atoms with Crippen LogP contribution in [0, 0.1) is 11.3 Å². The lowest BCUT2D eigenvalue weighted by Gasteiger charge is -2.23. The van der Waals surface area contributed by atoms with Crippen molar-refractivity contribution in [1.29, 1.82) is 5.26 Å². The van der Waals surface area contributed by atoms with Gasteiger partial charge in [0.25, 0.3) is 5.91 Å². The summed E-state index contributed by atoms with van der Waals surface area (Å²) in [5, 5.41) is 15.5. The van der Waals surface area contributed by atoms with Crippen LogP contribution in [0.15, 0.2) is 51.8 Å². The molecule has 2 heterocycles. The maximum absolute atomic E-state index is 13.8. The molecule has 0 atom stereocenters. The number of para-hydroxylation sites is 1. The molecule has 0 unspecified atom stereocenters. The Hall–Kier alpha value is -4.54. The monoisotopic (exact) mass is 607 g/mol. The van der Waals surface area contributed by atoms with Crippen LogP contribution in [-0.2, 0) is 12.6 Å². The molecule has 0 fully saturated rings. The fourth-order valence-corrected chi connectivity index (χ4v) is 4.40. The summed E-state index contributed by atoms with van der Waals surface area (Å²) in [6, 6.07) is 9.64. The van der Waals surface area contributed by atoms with Gasteiger partial charge in [-0.1, -0.05) is 29.3 Å². The van der Waals surface area contributed by atoms with Crippen LogP contribution in [0.2, 0.25) is 10.0 Å². The summed E-state index contributed by atoms with van der Waals surface area (Å²) in [6.45, 7) is 0.0233. The number of halogens is 5. The van der Waals surface area contributed by atoms with Gasteiger partial charge in [0.05, 0.1) is 47.4 Å². The molecule has 1 N–H and O–H groups in total. The molecule has 15 heteroatoms. The van der Waals surface area contributed by atoms with E-state index >= 15 is 0 Å². The number of carbonyl (C=O) groups excluding carboxylic acids is 1. The van der Waals surface area contributed by atoms with Crippen LogP contribution in [0.5, 0.6) is 11.5 Å². The van der Waals surface area contributed by atoms with Crippen molar-refractivity contribution in [2.45, 2.75) is 12.6 Å². The topological polar surface area (TPSA) is 134 Å². The standard InChI is InChI=1S/C26H18Cl2F3N5O5/c1-36(23-17(27)4-3-5-19(23)40-7-6-22-34-35-25(38)41-22)24(37)15-9-14(18(28)10-20(15)39-2)16-12-33-21(26(29,30)31)8-13(16)11-32/h3-5,8-10,12H,6-7H2,1-2H3,(H,35,38). The molecule has 4 rings (SSSR count). The Balaban J connectivity index is 1.71. The van der Waals surface area contributed by atoms with E-state index in [1.165, 1.54) is 37.3 Å². The zero-order valence-electron chi connectivity index (χ0n) is 21.2. The molecule has 0 spiro atoms. The first kappa shape index (κ1) is 29.4. The van der Waals surface area contributed by atoms with E-state index in [1.807, 2.05) is 0 Å². The predicted molar refractivity (Wildman–Crippen MR) is 141 cm³/mol. The van der Waals surface area contributed by atoms with Crippen LogP contribution in [0.1, 0.15) is 27.5 Å². The van der Waals surface area contributed by atoms with Crippen LogP contribution in [0.25, 0.3) is 11.1 Å². The number of ether oxygens (including phenoxy) is 2. The minimum absolute atomic E-state index is 0.00546. The van der Waals surface area contributed by atoms with Gasteiger partial charge in [0.1, 0.15) is 22.9 Å². The molecule has 1 amide bonds. The third-order valence-corrected chi connectivity index (χ3v) is 6.39. The molecular formula is C26H18Cl2F3N5O5. The smallest absolute Gasteiger partial charge is 0.434 e. The number of nitrogens with zero attached hydrogens (tertiary/aromatic N) is 4. The van der Waals surface area contributed by atoms with Gasteiger partial charge in [0, 0.05) is 30.4 Å². The number of nitrogens with one attached hydrogen (secondary N) is 1. The molecular weight excluding hydrogens is 590 g/mol. The van der Waals surface area contributed by atoms with Gasteiger partial charge in [-0.05, 0) is 24.3 Å².